The lowest BCUT2D eigenvalue weighted by atomic mass is 9.95. The molecule has 1 saturated heterocycles. The van der Waals surface area contributed by atoms with Crippen LogP contribution in [0.3, 0.4) is 0 Å². The van der Waals surface area contributed by atoms with Crippen LogP contribution in [0.5, 0.6) is 0 Å². The zero-order valence-electron chi connectivity index (χ0n) is 15.8. The second kappa shape index (κ2) is 7.51. The molecular formula is C23H25N3O. The van der Waals surface area contributed by atoms with Gasteiger partial charge in [0.15, 0.2) is 0 Å². The maximum absolute atomic E-state index is 13.2. The number of hydrazine groups is 1. The molecule has 1 heterocycles. The number of nitrogens with zero attached hydrogens (tertiary/aromatic N) is 1. The van der Waals surface area contributed by atoms with Crippen molar-refractivity contribution in [3.63, 3.8) is 0 Å². The second-order valence-corrected chi connectivity index (χ2v) is 7.12. The van der Waals surface area contributed by atoms with Gasteiger partial charge in [0.25, 0.3) is 0 Å². The summed E-state index contributed by atoms with van der Waals surface area (Å²) in [6, 6.07) is 22.7. The molecule has 2 N–H and O–H groups in total. The molecule has 1 aliphatic heterocycles. The third kappa shape index (κ3) is 3.46. The number of nitrogens with one attached hydrogen (secondary N) is 2. The van der Waals surface area contributed by atoms with Gasteiger partial charge in [0.05, 0.1) is 0 Å². The Labute approximate surface area is 160 Å². The van der Waals surface area contributed by atoms with Gasteiger partial charge in [-0.1, -0.05) is 54.6 Å². The number of rotatable bonds is 4. The minimum Gasteiger partial charge on any atom is -0.311 e. The molecule has 0 aliphatic carbocycles. The van der Waals surface area contributed by atoms with E-state index in [0.29, 0.717) is 6.54 Å². The molecule has 138 valence electrons. The van der Waals surface area contributed by atoms with Crippen LogP contribution in [-0.4, -0.2) is 18.5 Å². The SMILES string of the molecule is CCN(C(=O)C1CC(c2cccc3ccccc23)NN1)c1cccc(C)c1. The molecule has 0 aromatic heterocycles. The van der Waals surface area contributed by atoms with Gasteiger partial charge in [0.2, 0.25) is 5.91 Å². The van der Waals surface area contributed by atoms with Crippen LogP contribution in [0.1, 0.15) is 30.5 Å². The first-order valence-electron chi connectivity index (χ1n) is 9.54. The highest BCUT2D eigenvalue weighted by atomic mass is 16.2. The molecule has 4 rings (SSSR count). The summed E-state index contributed by atoms with van der Waals surface area (Å²) in [6.45, 7) is 4.72. The van der Waals surface area contributed by atoms with Gasteiger partial charge >= 0.3 is 0 Å². The van der Waals surface area contributed by atoms with Gasteiger partial charge in [0, 0.05) is 18.3 Å². The lowest BCUT2D eigenvalue weighted by Gasteiger charge is -2.24. The average Bonchev–Trinajstić information content (AvgIpc) is 3.18. The summed E-state index contributed by atoms with van der Waals surface area (Å²) >= 11 is 0. The minimum absolute atomic E-state index is 0.110. The fourth-order valence-electron chi connectivity index (χ4n) is 3.93. The number of hydrogen-bond acceptors (Lipinski definition) is 3. The first-order valence-corrected chi connectivity index (χ1v) is 9.54. The summed E-state index contributed by atoms with van der Waals surface area (Å²) in [5, 5.41) is 2.46. The molecule has 4 heteroatoms. The molecule has 0 radical (unpaired) electrons. The van der Waals surface area contributed by atoms with Gasteiger partial charge in [0.1, 0.15) is 6.04 Å². The van der Waals surface area contributed by atoms with Crippen molar-refractivity contribution in [2.24, 2.45) is 0 Å². The molecule has 0 bridgehead atoms. The van der Waals surface area contributed by atoms with Crippen molar-refractivity contribution in [3.8, 4) is 0 Å². The van der Waals surface area contributed by atoms with E-state index in [2.05, 4.69) is 59.4 Å². The predicted octanol–water partition coefficient (Wildman–Crippen LogP) is 4.11. The van der Waals surface area contributed by atoms with E-state index in [4.69, 9.17) is 0 Å². The molecular weight excluding hydrogens is 334 g/mol. The maximum atomic E-state index is 13.2. The predicted molar refractivity (Wildman–Crippen MR) is 111 cm³/mol. The third-order valence-electron chi connectivity index (χ3n) is 5.30. The lowest BCUT2D eigenvalue weighted by Crippen LogP contribution is -2.45. The Morgan fingerprint density at radius 2 is 1.81 bits per heavy atom. The van der Waals surface area contributed by atoms with Gasteiger partial charge in [-0.3, -0.25) is 4.79 Å². The summed E-state index contributed by atoms with van der Waals surface area (Å²) in [4.78, 5) is 15.0. The Morgan fingerprint density at radius 1 is 1.04 bits per heavy atom. The van der Waals surface area contributed by atoms with Crippen molar-refractivity contribution in [1.29, 1.82) is 0 Å². The molecule has 4 nitrogen and oxygen atoms in total. The summed E-state index contributed by atoms with van der Waals surface area (Å²) in [5.41, 5.74) is 9.91. The Balaban J connectivity index is 1.55. The van der Waals surface area contributed by atoms with E-state index in [1.807, 2.05) is 36.9 Å². The highest BCUT2D eigenvalue weighted by Crippen LogP contribution is 2.30. The van der Waals surface area contributed by atoms with Gasteiger partial charge in [-0.05, 0) is 54.3 Å². The molecule has 3 aromatic rings. The largest absolute Gasteiger partial charge is 0.311 e. The van der Waals surface area contributed by atoms with Crippen LogP contribution in [0.2, 0.25) is 0 Å². The monoisotopic (exact) mass is 359 g/mol. The zero-order chi connectivity index (χ0) is 18.8. The quantitative estimate of drug-likeness (QED) is 0.737. The van der Waals surface area contributed by atoms with Crippen LogP contribution < -0.4 is 15.8 Å². The van der Waals surface area contributed by atoms with E-state index < -0.39 is 0 Å². The standard InChI is InChI=1S/C23H25N3O/c1-3-26(18-11-6-8-16(2)14-18)23(27)22-15-21(24-25-22)20-13-7-10-17-9-4-5-12-19(17)20/h4-14,21-22,24-25H,3,15H2,1-2H3. The van der Waals surface area contributed by atoms with Crippen molar-refractivity contribution in [2.45, 2.75) is 32.4 Å². The van der Waals surface area contributed by atoms with Gasteiger partial charge in [-0.15, -0.1) is 0 Å². The molecule has 1 aliphatic rings. The highest BCUT2D eigenvalue weighted by Gasteiger charge is 2.33. The van der Waals surface area contributed by atoms with E-state index in [-0.39, 0.29) is 18.0 Å². The van der Waals surface area contributed by atoms with E-state index >= 15 is 0 Å². The molecule has 2 unspecified atom stereocenters. The minimum atomic E-state index is -0.241. The number of aryl methyl sites for hydroxylation is 1. The normalized spacial score (nSPS) is 19.3. The van der Waals surface area contributed by atoms with E-state index in [1.165, 1.54) is 16.3 Å². The Hall–Kier alpha value is -2.69. The van der Waals surface area contributed by atoms with Gasteiger partial charge in [-0.2, -0.15) is 0 Å². The first kappa shape index (κ1) is 17.7. The van der Waals surface area contributed by atoms with Crippen LogP contribution in [0, 0.1) is 6.92 Å². The van der Waals surface area contributed by atoms with E-state index in [0.717, 1.165) is 17.7 Å². The van der Waals surface area contributed by atoms with E-state index in [1.54, 1.807) is 0 Å². The first-order chi connectivity index (χ1) is 13.2. The molecule has 0 saturated carbocycles. The number of amides is 1. The number of carbonyl (C=O) groups excluding carboxylic acids is 1. The van der Waals surface area contributed by atoms with Gasteiger partial charge in [-0.25, -0.2) is 10.9 Å². The average molecular weight is 359 g/mol. The molecule has 0 spiro atoms. The molecule has 27 heavy (non-hydrogen) atoms. The lowest BCUT2D eigenvalue weighted by molar-refractivity contribution is -0.120. The number of anilines is 1. The summed E-state index contributed by atoms with van der Waals surface area (Å²) in [6.07, 6.45) is 0.731. The molecule has 3 aromatic carbocycles. The van der Waals surface area contributed by atoms with Crippen molar-refractivity contribution in [1.82, 2.24) is 10.9 Å². The van der Waals surface area contributed by atoms with Crippen molar-refractivity contribution in [3.05, 3.63) is 77.9 Å². The van der Waals surface area contributed by atoms with Crippen LogP contribution in [0.15, 0.2) is 66.7 Å². The smallest absolute Gasteiger partial charge is 0.245 e. The fourth-order valence-corrected chi connectivity index (χ4v) is 3.93. The van der Waals surface area contributed by atoms with Crippen molar-refractivity contribution < 1.29 is 4.79 Å². The maximum Gasteiger partial charge on any atom is 0.245 e. The van der Waals surface area contributed by atoms with Crippen LogP contribution in [-0.2, 0) is 4.79 Å². The summed E-state index contributed by atoms with van der Waals surface area (Å²) in [7, 11) is 0. The number of hydrogen-bond donors (Lipinski definition) is 2. The van der Waals surface area contributed by atoms with Crippen LogP contribution in [0.25, 0.3) is 10.8 Å². The van der Waals surface area contributed by atoms with E-state index in [9.17, 15) is 4.79 Å². The van der Waals surface area contributed by atoms with Crippen LogP contribution in [0.4, 0.5) is 5.69 Å². The number of carbonyl (C=O) groups is 1. The number of benzene rings is 3. The molecule has 1 fully saturated rings. The highest BCUT2D eigenvalue weighted by molar-refractivity contribution is 5.97. The van der Waals surface area contributed by atoms with Crippen molar-refractivity contribution in [2.75, 3.05) is 11.4 Å². The topological polar surface area (TPSA) is 44.4 Å². The number of fused-ring (bicyclic) bond motifs is 1. The number of likely N-dealkylation sites (N-methyl/N-ethyl adjacent to an activating group) is 1. The van der Waals surface area contributed by atoms with Gasteiger partial charge < -0.3 is 4.90 Å². The summed E-state index contributed by atoms with van der Waals surface area (Å²) < 4.78 is 0. The van der Waals surface area contributed by atoms with Crippen molar-refractivity contribution >= 4 is 22.4 Å². The fraction of sp³-hybridized carbons (Fsp3) is 0.261. The Kier molecular flexibility index (Phi) is 4.92. The third-order valence-corrected chi connectivity index (χ3v) is 5.30. The molecule has 2 atom stereocenters. The Bertz CT molecular complexity index is 963. The van der Waals surface area contributed by atoms with Crippen LogP contribution >= 0.6 is 0 Å². The Morgan fingerprint density at radius 3 is 2.63 bits per heavy atom. The second-order valence-electron chi connectivity index (χ2n) is 7.12. The zero-order valence-corrected chi connectivity index (χ0v) is 15.8. The summed E-state index contributed by atoms with van der Waals surface area (Å²) in [5.74, 6) is 0.110. The molecule has 1 amide bonds.